The first kappa shape index (κ1) is 18.2. The molecule has 1 unspecified atom stereocenters. The van der Waals surface area contributed by atoms with Gasteiger partial charge in [-0.3, -0.25) is 9.78 Å². The molecule has 0 bridgehead atoms. The smallest absolute Gasteiger partial charge is 0.227 e. The first-order valence-electron chi connectivity index (χ1n) is 9.75. The molecular formula is C24H24N2O2. The Morgan fingerprint density at radius 1 is 1.11 bits per heavy atom. The molecule has 28 heavy (non-hydrogen) atoms. The Morgan fingerprint density at radius 2 is 1.93 bits per heavy atom. The molecule has 0 aliphatic carbocycles. The summed E-state index contributed by atoms with van der Waals surface area (Å²) in [5.41, 5.74) is 4.55. The second-order valence-corrected chi connectivity index (χ2v) is 6.98. The Balaban J connectivity index is 1.61. The molecule has 0 N–H and O–H groups in total. The quantitative estimate of drug-likeness (QED) is 0.674. The minimum Gasteiger partial charge on any atom is -0.494 e. The van der Waals surface area contributed by atoms with Crippen LogP contribution in [0, 0.1) is 0 Å². The van der Waals surface area contributed by atoms with Crippen molar-refractivity contribution in [2.75, 3.05) is 13.2 Å². The van der Waals surface area contributed by atoms with Gasteiger partial charge in [-0.2, -0.15) is 0 Å². The zero-order valence-corrected chi connectivity index (χ0v) is 16.0. The number of ether oxygens (including phenoxy) is 1. The van der Waals surface area contributed by atoms with Crippen LogP contribution in [0.1, 0.15) is 35.2 Å². The molecule has 0 spiro atoms. The molecule has 1 amide bonds. The molecule has 2 aromatic carbocycles. The third kappa shape index (κ3) is 3.77. The molecular weight excluding hydrogens is 348 g/mol. The van der Waals surface area contributed by atoms with E-state index in [-0.39, 0.29) is 11.9 Å². The van der Waals surface area contributed by atoms with Gasteiger partial charge < -0.3 is 9.64 Å². The first-order valence-corrected chi connectivity index (χ1v) is 9.75. The van der Waals surface area contributed by atoms with Gasteiger partial charge in [0.1, 0.15) is 5.75 Å². The summed E-state index contributed by atoms with van der Waals surface area (Å²) in [6.07, 6.45) is 4.89. The molecule has 1 aliphatic rings. The standard InChI is InChI=1S/C24H24N2O2/c1-2-28-21-11-9-18(10-12-21)16-23(27)26-15-13-19-6-3-4-8-22(19)24(26)20-7-5-14-25-17-20/h3-12,14,17,24H,2,13,15-16H2,1H3. The van der Waals surface area contributed by atoms with Gasteiger partial charge in [0.2, 0.25) is 5.91 Å². The van der Waals surface area contributed by atoms with Crippen molar-refractivity contribution in [1.29, 1.82) is 0 Å². The van der Waals surface area contributed by atoms with Crippen LogP contribution in [-0.2, 0) is 17.6 Å². The van der Waals surface area contributed by atoms with E-state index >= 15 is 0 Å². The van der Waals surface area contributed by atoms with Crippen LogP contribution in [0.15, 0.2) is 73.1 Å². The van der Waals surface area contributed by atoms with Crippen molar-refractivity contribution in [3.63, 3.8) is 0 Å². The Kier molecular flexibility index (Phi) is 5.38. The third-order valence-electron chi connectivity index (χ3n) is 5.19. The predicted octanol–water partition coefficient (Wildman–Crippen LogP) is 4.20. The highest BCUT2D eigenvalue weighted by molar-refractivity contribution is 5.80. The molecule has 3 aromatic rings. The number of fused-ring (bicyclic) bond motifs is 1. The van der Waals surface area contributed by atoms with E-state index < -0.39 is 0 Å². The van der Waals surface area contributed by atoms with Crippen LogP contribution in [0.25, 0.3) is 0 Å². The van der Waals surface area contributed by atoms with Crippen LogP contribution in [0.3, 0.4) is 0 Å². The number of rotatable bonds is 5. The zero-order valence-electron chi connectivity index (χ0n) is 16.0. The Bertz CT molecular complexity index is 938. The largest absolute Gasteiger partial charge is 0.494 e. The van der Waals surface area contributed by atoms with Crippen molar-refractivity contribution in [2.45, 2.75) is 25.8 Å². The van der Waals surface area contributed by atoms with E-state index in [1.807, 2.05) is 54.4 Å². The first-order chi connectivity index (χ1) is 13.8. The van der Waals surface area contributed by atoms with Crippen LogP contribution < -0.4 is 4.74 Å². The molecule has 1 atom stereocenters. The minimum atomic E-state index is -0.0890. The summed E-state index contributed by atoms with van der Waals surface area (Å²) in [7, 11) is 0. The van der Waals surface area contributed by atoms with Crippen molar-refractivity contribution >= 4 is 5.91 Å². The van der Waals surface area contributed by atoms with Crippen molar-refractivity contribution in [1.82, 2.24) is 9.88 Å². The van der Waals surface area contributed by atoms with E-state index in [1.54, 1.807) is 6.20 Å². The normalized spacial score (nSPS) is 15.8. The maximum Gasteiger partial charge on any atom is 0.227 e. The fourth-order valence-corrected chi connectivity index (χ4v) is 3.88. The number of nitrogens with zero attached hydrogens (tertiary/aromatic N) is 2. The lowest BCUT2D eigenvalue weighted by Gasteiger charge is -2.37. The van der Waals surface area contributed by atoms with Crippen molar-refractivity contribution in [3.05, 3.63) is 95.3 Å². The number of amides is 1. The predicted molar refractivity (Wildman–Crippen MR) is 109 cm³/mol. The second-order valence-electron chi connectivity index (χ2n) is 6.98. The average Bonchev–Trinajstić information content (AvgIpc) is 2.75. The van der Waals surface area contributed by atoms with E-state index in [0.717, 1.165) is 23.3 Å². The van der Waals surface area contributed by atoms with E-state index in [0.29, 0.717) is 19.6 Å². The SMILES string of the molecule is CCOc1ccc(CC(=O)N2CCc3ccccc3C2c2cccnc2)cc1. The van der Waals surface area contributed by atoms with Crippen molar-refractivity contribution < 1.29 is 9.53 Å². The summed E-state index contributed by atoms with van der Waals surface area (Å²) in [6, 6.07) is 20.1. The maximum atomic E-state index is 13.2. The van der Waals surface area contributed by atoms with Crippen molar-refractivity contribution in [3.8, 4) is 5.75 Å². The molecule has 0 saturated carbocycles. The van der Waals surface area contributed by atoms with Gasteiger partial charge in [-0.1, -0.05) is 42.5 Å². The molecule has 4 heteroatoms. The van der Waals surface area contributed by atoms with Gasteiger partial charge >= 0.3 is 0 Å². The molecule has 2 heterocycles. The average molecular weight is 372 g/mol. The van der Waals surface area contributed by atoms with E-state index in [9.17, 15) is 4.79 Å². The van der Waals surface area contributed by atoms with Crippen LogP contribution in [0.5, 0.6) is 5.75 Å². The third-order valence-corrected chi connectivity index (χ3v) is 5.19. The minimum absolute atomic E-state index is 0.0890. The zero-order chi connectivity index (χ0) is 19.3. The lowest BCUT2D eigenvalue weighted by Crippen LogP contribution is -2.41. The number of aromatic nitrogens is 1. The van der Waals surface area contributed by atoms with E-state index in [1.165, 1.54) is 11.1 Å². The van der Waals surface area contributed by atoms with Crippen LogP contribution in [0.4, 0.5) is 0 Å². The van der Waals surface area contributed by atoms with Crippen molar-refractivity contribution in [2.24, 2.45) is 0 Å². The summed E-state index contributed by atoms with van der Waals surface area (Å²) in [5.74, 6) is 0.964. The number of carbonyl (C=O) groups is 1. The van der Waals surface area contributed by atoms with Crippen LogP contribution >= 0.6 is 0 Å². The highest BCUT2D eigenvalue weighted by Crippen LogP contribution is 2.35. The number of carbonyl (C=O) groups excluding carboxylic acids is 1. The monoisotopic (exact) mass is 372 g/mol. The maximum absolute atomic E-state index is 13.2. The molecule has 0 saturated heterocycles. The molecule has 0 fully saturated rings. The molecule has 1 aromatic heterocycles. The van der Waals surface area contributed by atoms with Crippen LogP contribution in [0.2, 0.25) is 0 Å². The Labute approximate surface area is 165 Å². The van der Waals surface area contributed by atoms with Gasteiger partial charge in [0.25, 0.3) is 0 Å². The fourth-order valence-electron chi connectivity index (χ4n) is 3.88. The molecule has 4 rings (SSSR count). The van der Waals surface area contributed by atoms with Gasteiger partial charge in [0.15, 0.2) is 0 Å². The lowest BCUT2D eigenvalue weighted by atomic mass is 9.88. The van der Waals surface area contributed by atoms with Gasteiger partial charge in [-0.05, 0) is 53.8 Å². The number of pyridine rings is 1. The highest BCUT2D eigenvalue weighted by atomic mass is 16.5. The summed E-state index contributed by atoms with van der Waals surface area (Å²) in [5, 5.41) is 0. The Hall–Kier alpha value is -3.14. The van der Waals surface area contributed by atoms with Gasteiger partial charge in [-0.25, -0.2) is 0 Å². The van der Waals surface area contributed by atoms with Crippen LogP contribution in [-0.4, -0.2) is 28.9 Å². The summed E-state index contributed by atoms with van der Waals surface area (Å²) >= 11 is 0. The summed E-state index contributed by atoms with van der Waals surface area (Å²) in [4.78, 5) is 19.5. The second kappa shape index (κ2) is 8.26. The Morgan fingerprint density at radius 3 is 2.68 bits per heavy atom. The molecule has 142 valence electrons. The topological polar surface area (TPSA) is 42.4 Å². The highest BCUT2D eigenvalue weighted by Gasteiger charge is 2.31. The molecule has 1 aliphatic heterocycles. The van der Waals surface area contributed by atoms with Gasteiger partial charge in [0, 0.05) is 18.9 Å². The number of benzene rings is 2. The number of hydrogen-bond donors (Lipinski definition) is 0. The van der Waals surface area contributed by atoms with E-state index in [2.05, 4.69) is 29.2 Å². The van der Waals surface area contributed by atoms with E-state index in [4.69, 9.17) is 4.74 Å². The fraction of sp³-hybridized carbons (Fsp3) is 0.250. The summed E-state index contributed by atoms with van der Waals surface area (Å²) in [6.45, 7) is 3.31. The van der Waals surface area contributed by atoms with Gasteiger partial charge in [-0.15, -0.1) is 0 Å². The number of hydrogen-bond acceptors (Lipinski definition) is 3. The molecule has 0 radical (unpaired) electrons. The lowest BCUT2D eigenvalue weighted by molar-refractivity contribution is -0.132. The van der Waals surface area contributed by atoms with Gasteiger partial charge in [0.05, 0.1) is 19.1 Å². The molecule has 4 nitrogen and oxygen atoms in total. The summed E-state index contributed by atoms with van der Waals surface area (Å²) < 4.78 is 5.49.